The van der Waals surface area contributed by atoms with Crippen molar-refractivity contribution < 1.29 is 9.18 Å². The second kappa shape index (κ2) is 5.84. The largest absolute Gasteiger partial charge is 0.295 e. The van der Waals surface area contributed by atoms with Crippen LogP contribution in [0.3, 0.4) is 0 Å². The van der Waals surface area contributed by atoms with E-state index in [0.29, 0.717) is 5.95 Å². The topological polar surface area (TPSA) is 83.6 Å². The van der Waals surface area contributed by atoms with Crippen molar-refractivity contribution in [3.05, 3.63) is 60.3 Å². The molecule has 0 bridgehead atoms. The molecular formula is C17H14FN5O. The summed E-state index contributed by atoms with van der Waals surface area (Å²) < 4.78 is 13.0. The van der Waals surface area contributed by atoms with E-state index in [1.807, 2.05) is 12.1 Å². The molecule has 2 N–H and O–H groups in total. The molecule has 24 heavy (non-hydrogen) atoms. The Hall–Kier alpha value is -3.09. The van der Waals surface area contributed by atoms with Crippen molar-refractivity contribution in [3.8, 4) is 11.3 Å². The quantitative estimate of drug-likeness (QED) is 0.773. The molecule has 0 aliphatic heterocycles. The Morgan fingerprint density at radius 2 is 2.00 bits per heavy atom. The third kappa shape index (κ3) is 2.88. The third-order valence-electron chi connectivity index (χ3n) is 4.14. The van der Waals surface area contributed by atoms with Gasteiger partial charge in [0.25, 0.3) is 0 Å². The van der Waals surface area contributed by atoms with Crippen molar-refractivity contribution in [2.45, 2.75) is 12.3 Å². The van der Waals surface area contributed by atoms with Crippen LogP contribution in [-0.4, -0.2) is 26.1 Å². The monoisotopic (exact) mass is 323 g/mol. The second-order valence-corrected chi connectivity index (χ2v) is 5.76. The van der Waals surface area contributed by atoms with E-state index in [9.17, 15) is 9.18 Å². The number of aromatic nitrogens is 4. The molecule has 1 aliphatic carbocycles. The molecule has 0 unspecified atom stereocenters. The van der Waals surface area contributed by atoms with Gasteiger partial charge in [0.15, 0.2) is 0 Å². The fourth-order valence-electron chi connectivity index (χ4n) is 2.74. The molecule has 1 fully saturated rings. The molecule has 4 rings (SSSR count). The fourth-order valence-corrected chi connectivity index (χ4v) is 2.74. The minimum atomic E-state index is -0.269. The SMILES string of the molecule is O=C(Nc1ncn[nH]1)[C@@H]1C[C@H]1c1ccc(-c2ccc(F)cc2)nc1. The van der Waals surface area contributed by atoms with Gasteiger partial charge < -0.3 is 0 Å². The first-order valence-electron chi connectivity index (χ1n) is 7.59. The van der Waals surface area contributed by atoms with Crippen LogP contribution in [0, 0.1) is 11.7 Å². The summed E-state index contributed by atoms with van der Waals surface area (Å²) >= 11 is 0. The zero-order chi connectivity index (χ0) is 16.5. The first-order valence-corrected chi connectivity index (χ1v) is 7.59. The summed E-state index contributed by atoms with van der Waals surface area (Å²) in [5, 5.41) is 9.00. The van der Waals surface area contributed by atoms with Crippen LogP contribution in [0.1, 0.15) is 17.9 Å². The molecule has 1 saturated carbocycles. The molecule has 1 aliphatic rings. The van der Waals surface area contributed by atoms with Crippen LogP contribution in [0.2, 0.25) is 0 Å². The van der Waals surface area contributed by atoms with E-state index in [0.717, 1.165) is 23.2 Å². The van der Waals surface area contributed by atoms with Crippen molar-refractivity contribution in [3.63, 3.8) is 0 Å². The molecule has 0 radical (unpaired) electrons. The van der Waals surface area contributed by atoms with Crippen molar-refractivity contribution in [2.24, 2.45) is 5.92 Å². The van der Waals surface area contributed by atoms with Gasteiger partial charge in [0, 0.05) is 17.7 Å². The number of carbonyl (C=O) groups excluding carboxylic acids is 1. The zero-order valence-corrected chi connectivity index (χ0v) is 12.6. The molecule has 1 aromatic carbocycles. The van der Waals surface area contributed by atoms with Crippen molar-refractivity contribution in [1.29, 1.82) is 0 Å². The molecule has 120 valence electrons. The number of halogens is 1. The molecule has 2 aromatic heterocycles. The standard InChI is InChI=1S/C17H14FN5O/c18-12-4-1-10(2-5-12)15-6-3-11(8-19-15)13-7-14(13)16(24)22-17-20-9-21-23-17/h1-6,8-9,13-14H,7H2,(H2,20,21,22,23,24)/t13-,14+/m0/s1. The van der Waals surface area contributed by atoms with E-state index < -0.39 is 0 Å². The van der Waals surface area contributed by atoms with Crippen LogP contribution in [0.25, 0.3) is 11.3 Å². The Balaban J connectivity index is 1.43. The lowest BCUT2D eigenvalue weighted by Crippen LogP contribution is -2.15. The van der Waals surface area contributed by atoms with Gasteiger partial charge in [0.05, 0.1) is 5.69 Å². The van der Waals surface area contributed by atoms with Crippen LogP contribution in [0.4, 0.5) is 10.3 Å². The van der Waals surface area contributed by atoms with Gasteiger partial charge in [-0.3, -0.25) is 15.1 Å². The number of hydrogen-bond donors (Lipinski definition) is 2. The lowest BCUT2D eigenvalue weighted by Gasteiger charge is -2.04. The Kier molecular flexibility index (Phi) is 3.53. The number of hydrogen-bond acceptors (Lipinski definition) is 4. The highest BCUT2D eigenvalue weighted by Gasteiger charge is 2.44. The molecule has 2 atom stereocenters. The fraction of sp³-hybridized carbons (Fsp3) is 0.176. The highest BCUT2D eigenvalue weighted by Crippen LogP contribution is 2.47. The van der Waals surface area contributed by atoms with Crippen molar-refractivity contribution in [2.75, 3.05) is 5.32 Å². The number of nitrogens with zero attached hydrogens (tertiary/aromatic N) is 3. The van der Waals surface area contributed by atoms with E-state index in [1.165, 1.54) is 18.5 Å². The maximum absolute atomic E-state index is 13.0. The summed E-state index contributed by atoms with van der Waals surface area (Å²) in [6.45, 7) is 0. The van der Waals surface area contributed by atoms with Gasteiger partial charge in [0.1, 0.15) is 12.1 Å². The summed E-state index contributed by atoms with van der Waals surface area (Å²) in [7, 11) is 0. The van der Waals surface area contributed by atoms with Gasteiger partial charge in [-0.2, -0.15) is 10.1 Å². The Morgan fingerprint density at radius 3 is 2.67 bits per heavy atom. The number of carbonyl (C=O) groups is 1. The molecule has 0 spiro atoms. The van der Waals surface area contributed by atoms with Crippen LogP contribution in [0.15, 0.2) is 48.9 Å². The van der Waals surface area contributed by atoms with Crippen molar-refractivity contribution >= 4 is 11.9 Å². The number of aromatic amines is 1. The number of anilines is 1. The van der Waals surface area contributed by atoms with Gasteiger partial charge >= 0.3 is 0 Å². The first-order chi connectivity index (χ1) is 11.7. The average Bonchev–Trinajstić information content (AvgIpc) is 3.25. The highest BCUT2D eigenvalue weighted by molar-refractivity contribution is 5.93. The predicted octanol–water partition coefficient (Wildman–Crippen LogP) is 2.75. The number of rotatable bonds is 4. The lowest BCUT2D eigenvalue weighted by molar-refractivity contribution is -0.117. The van der Waals surface area contributed by atoms with E-state index in [2.05, 4.69) is 25.5 Å². The number of pyridine rings is 1. The van der Waals surface area contributed by atoms with Gasteiger partial charge in [-0.05, 0) is 48.2 Å². The second-order valence-electron chi connectivity index (χ2n) is 5.76. The highest BCUT2D eigenvalue weighted by atomic mass is 19.1. The molecule has 0 saturated heterocycles. The van der Waals surface area contributed by atoms with E-state index >= 15 is 0 Å². The van der Waals surface area contributed by atoms with Crippen LogP contribution in [0.5, 0.6) is 0 Å². The zero-order valence-electron chi connectivity index (χ0n) is 12.6. The number of nitrogens with one attached hydrogen (secondary N) is 2. The maximum Gasteiger partial charge on any atom is 0.230 e. The molecule has 3 aromatic rings. The van der Waals surface area contributed by atoms with E-state index in [1.54, 1.807) is 18.3 Å². The van der Waals surface area contributed by atoms with Gasteiger partial charge in [0.2, 0.25) is 11.9 Å². The maximum atomic E-state index is 13.0. The first kappa shape index (κ1) is 14.5. The number of amides is 1. The summed E-state index contributed by atoms with van der Waals surface area (Å²) in [6, 6.07) is 10.1. The van der Waals surface area contributed by atoms with E-state index in [4.69, 9.17) is 0 Å². The van der Waals surface area contributed by atoms with E-state index in [-0.39, 0.29) is 23.6 Å². The molecule has 6 nitrogen and oxygen atoms in total. The number of H-pyrrole nitrogens is 1. The summed E-state index contributed by atoms with van der Waals surface area (Å²) in [5.74, 6) is 0.111. The molecule has 7 heteroatoms. The lowest BCUT2D eigenvalue weighted by atomic mass is 10.1. The van der Waals surface area contributed by atoms with Gasteiger partial charge in [-0.25, -0.2) is 9.49 Å². The summed E-state index contributed by atoms with van der Waals surface area (Å²) in [6.07, 6.45) is 3.92. The normalized spacial score (nSPS) is 19.0. The Morgan fingerprint density at radius 1 is 1.17 bits per heavy atom. The molecule has 1 amide bonds. The smallest absolute Gasteiger partial charge is 0.230 e. The summed E-state index contributed by atoms with van der Waals surface area (Å²) in [4.78, 5) is 20.4. The van der Waals surface area contributed by atoms with Crippen LogP contribution in [-0.2, 0) is 4.79 Å². The predicted molar refractivity (Wildman–Crippen MR) is 85.5 cm³/mol. The Labute approximate surface area is 137 Å². The average molecular weight is 323 g/mol. The number of benzene rings is 1. The van der Waals surface area contributed by atoms with Gasteiger partial charge in [-0.15, -0.1) is 0 Å². The molecular weight excluding hydrogens is 309 g/mol. The van der Waals surface area contributed by atoms with Gasteiger partial charge in [-0.1, -0.05) is 6.07 Å². The summed E-state index contributed by atoms with van der Waals surface area (Å²) in [5.41, 5.74) is 2.67. The van der Waals surface area contributed by atoms with Crippen LogP contribution < -0.4 is 5.32 Å². The van der Waals surface area contributed by atoms with Crippen LogP contribution >= 0.6 is 0 Å². The molecule has 2 heterocycles. The minimum Gasteiger partial charge on any atom is -0.295 e. The van der Waals surface area contributed by atoms with Crippen molar-refractivity contribution in [1.82, 2.24) is 20.2 Å². The minimum absolute atomic E-state index is 0.0700. The third-order valence-corrected chi connectivity index (χ3v) is 4.14. The Bertz CT molecular complexity index is 846.